The predicted octanol–water partition coefficient (Wildman–Crippen LogP) is 3.68. The molecule has 0 aliphatic rings. The zero-order valence-corrected chi connectivity index (χ0v) is 19.5. The first kappa shape index (κ1) is 24.0. The molecule has 0 saturated heterocycles. The Hall–Kier alpha value is -2.00. The molecular weight excluding hydrogens is 469 g/mol. The van der Waals surface area contributed by atoms with Crippen LogP contribution in [0.2, 0.25) is 0 Å². The highest BCUT2D eigenvalue weighted by molar-refractivity contribution is 14.0. The number of rotatable bonds is 8. The fourth-order valence-corrected chi connectivity index (χ4v) is 2.90. The maximum absolute atomic E-state index is 5.49. The van der Waals surface area contributed by atoms with Gasteiger partial charge in [-0.2, -0.15) is 0 Å². The molecule has 0 heterocycles. The Morgan fingerprint density at radius 3 is 2.32 bits per heavy atom. The SMILES string of the molecule is CN=C(NCc1ccccc1COC)N(C)Cc1ccc(OC)cc1OC.I. The van der Waals surface area contributed by atoms with Gasteiger partial charge in [-0.1, -0.05) is 24.3 Å². The molecule has 0 spiro atoms. The van der Waals surface area contributed by atoms with Crippen LogP contribution in [0.15, 0.2) is 47.5 Å². The number of nitrogens with one attached hydrogen (secondary N) is 1. The van der Waals surface area contributed by atoms with E-state index < -0.39 is 0 Å². The van der Waals surface area contributed by atoms with Gasteiger partial charge in [0.1, 0.15) is 11.5 Å². The molecule has 2 aromatic carbocycles. The largest absolute Gasteiger partial charge is 0.497 e. The molecule has 7 heteroatoms. The number of nitrogens with zero attached hydrogens (tertiary/aromatic N) is 2. The van der Waals surface area contributed by atoms with E-state index in [2.05, 4.69) is 27.3 Å². The van der Waals surface area contributed by atoms with Crippen molar-refractivity contribution in [1.29, 1.82) is 0 Å². The lowest BCUT2D eigenvalue weighted by atomic mass is 10.1. The van der Waals surface area contributed by atoms with Gasteiger partial charge < -0.3 is 24.4 Å². The summed E-state index contributed by atoms with van der Waals surface area (Å²) in [5.41, 5.74) is 3.42. The summed E-state index contributed by atoms with van der Waals surface area (Å²) in [4.78, 5) is 6.46. The van der Waals surface area contributed by atoms with E-state index in [1.807, 2.05) is 37.4 Å². The van der Waals surface area contributed by atoms with Crippen molar-refractivity contribution in [3.63, 3.8) is 0 Å². The van der Waals surface area contributed by atoms with Crippen molar-refractivity contribution in [1.82, 2.24) is 10.2 Å². The number of benzene rings is 2. The van der Waals surface area contributed by atoms with E-state index in [-0.39, 0.29) is 24.0 Å². The van der Waals surface area contributed by atoms with Crippen LogP contribution in [0.25, 0.3) is 0 Å². The van der Waals surface area contributed by atoms with Crippen LogP contribution in [0.3, 0.4) is 0 Å². The van der Waals surface area contributed by atoms with Crippen molar-refractivity contribution in [2.75, 3.05) is 35.4 Å². The number of aliphatic imine (C=N–C) groups is 1. The van der Waals surface area contributed by atoms with Crippen LogP contribution < -0.4 is 14.8 Å². The lowest BCUT2D eigenvalue weighted by molar-refractivity contribution is 0.184. The second-order valence-corrected chi connectivity index (χ2v) is 6.14. The molecule has 0 aliphatic heterocycles. The lowest BCUT2D eigenvalue weighted by Gasteiger charge is -2.23. The monoisotopic (exact) mass is 499 g/mol. The number of guanidine groups is 1. The Bertz CT molecular complexity index is 768. The van der Waals surface area contributed by atoms with Crippen molar-refractivity contribution in [2.24, 2.45) is 4.99 Å². The van der Waals surface area contributed by atoms with Gasteiger partial charge in [-0.15, -0.1) is 24.0 Å². The zero-order chi connectivity index (χ0) is 19.6. The quantitative estimate of drug-likeness (QED) is 0.341. The highest BCUT2D eigenvalue weighted by Crippen LogP contribution is 2.25. The van der Waals surface area contributed by atoms with Crippen molar-refractivity contribution in [2.45, 2.75) is 19.7 Å². The van der Waals surface area contributed by atoms with E-state index in [4.69, 9.17) is 14.2 Å². The van der Waals surface area contributed by atoms with Gasteiger partial charge in [0.05, 0.1) is 20.8 Å². The third-order valence-electron chi connectivity index (χ3n) is 4.33. The molecule has 0 saturated carbocycles. The molecule has 0 aliphatic carbocycles. The molecule has 2 aromatic rings. The van der Waals surface area contributed by atoms with Crippen LogP contribution in [-0.4, -0.2) is 46.3 Å². The minimum absolute atomic E-state index is 0. The van der Waals surface area contributed by atoms with Crippen molar-refractivity contribution < 1.29 is 14.2 Å². The first-order valence-electron chi connectivity index (χ1n) is 8.81. The molecule has 2 rings (SSSR count). The fourth-order valence-electron chi connectivity index (χ4n) is 2.90. The van der Waals surface area contributed by atoms with Crippen LogP contribution in [0.5, 0.6) is 11.5 Å². The molecule has 0 fully saturated rings. The number of methoxy groups -OCH3 is 3. The van der Waals surface area contributed by atoms with E-state index in [9.17, 15) is 0 Å². The summed E-state index contributed by atoms with van der Waals surface area (Å²) in [5, 5.41) is 3.42. The molecule has 154 valence electrons. The van der Waals surface area contributed by atoms with Crippen LogP contribution in [-0.2, 0) is 24.4 Å². The maximum Gasteiger partial charge on any atom is 0.193 e. The van der Waals surface area contributed by atoms with Crippen LogP contribution in [0.1, 0.15) is 16.7 Å². The third-order valence-corrected chi connectivity index (χ3v) is 4.33. The zero-order valence-electron chi connectivity index (χ0n) is 17.2. The van der Waals surface area contributed by atoms with Crippen LogP contribution in [0, 0.1) is 0 Å². The minimum atomic E-state index is 0. The van der Waals surface area contributed by atoms with Gasteiger partial charge in [-0.3, -0.25) is 4.99 Å². The Morgan fingerprint density at radius 2 is 1.71 bits per heavy atom. The van der Waals surface area contributed by atoms with Gasteiger partial charge in [0.15, 0.2) is 5.96 Å². The summed E-state index contributed by atoms with van der Waals surface area (Å²) in [6.45, 7) is 1.93. The number of hydrogen-bond donors (Lipinski definition) is 1. The first-order valence-corrected chi connectivity index (χ1v) is 8.81. The summed E-state index contributed by atoms with van der Waals surface area (Å²) in [6.07, 6.45) is 0. The van der Waals surface area contributed by atoms with Gasteiger partial charge in [0, 0.05) is 45.9 Å². The molecule has 0 unspecified atom stereocenters. The van der Waals surface area contributed by atoms with E-state index in [1.165, 1.54) is 11.1 Å². The van der Waals surface area contributed by atoms with Crippen molar-refractivity contribution >= 4 is 29.9 Å². The van der Waals surface area contributed by atoms with E-state index >= 15 is 0 Å². The number of ether oxygens (including phenoxy) is 3. The molecule has 6 nitrogen and oxygen atoms in total. The molecular formula is C21H30IN3O3. The second-order valence-electron chi connectivity index (χ2n) is 6.14. The standard InChI is InChI=1S/C21H29N3O3.HI/c1-22-21(23-13-16-8-6-7-9-18(16)15-25-3)24(2)14-17-10-11-19(26-4)12-20(17)27-5;/h6-12H,13-15H2,1-5H3,(H,22,23);1H. The van der Waals surface area contributed by atoms with Crippen LogP contribution in [0.4, 0.5) is 0 Å². The topological polar surface area (TPSA) is 55.3 Å². The number of halogens is 1. The van der Waals surface area contributed by atoms with Gasteiger partial charge >= 0.3 is 0 Å². The molecule has 0 radical (unpaired) electrons. The summed E-state index contributed by atoms with van der Waals surface area (Å²) in [6, 6.07) is 14.1. The Morgan fingerprint density at radius 1 is 1.00 bits per heavy atom. The second kappa shape index (κ2) is 12.5. The molecule has 0 aromatic heterocycles. The molecule has 0 atom stereocenters. The van der Waals surface area contributed by atoms with E-state index in [0.717, 1.165) is 23.0 Å². The molecule has 28 heavy (non-hydrogen) atoms. The molecule has 0 amide bonds. The highest BCUT2D eigenvalue weighted by Gasteiger charge is 2.12. The molecule has 0 bridgehead atoms. The highest BCUT2D eigenvalue weighted by atomic mass is 127. The maximum atomic E-state index is 5.49. The Labute approximate surface area is 184 Å². The van der Waals surface area contributed by atoms with Gasteiger partial charge in [0.25, 0.3) is 0 Å². The lowest BCUT2D eigenvalue weighted by Crippen LogP contribution is -2.38. The number of hydrogen-bond acceptors (Lipinski definition) is 4. The summed E-state index contributed by atoms with van der Waals surface area (Å²) in [7, 11) is 8.80. The smallest absolute Gasteiger partial charge is 0.193 e. The first-order chi connectivity index (χ1) is 13.1. The summed E-state index contributed by atoms with van der Waals surface area (Å²) >= 11 is 0. The van der Waals surface area contributed by atoms with E-state index in [0.29, 0.717) is 19.7 Å². The normalized spacial score (nSPS) is 10.8. The third kappa shape index (κ3) is 6.56. The average Bonchev–Trinajstić information content (AvgIpc) is 2.70. The van der Waals surface area contributed by atoms with Crippen LogP contribution >= 0.6 is 24.0 Å². The minimum Gasteiger partial charge on any atom is -0.497 e. The summed E-state index contributed by atoms with van der Waals surface area (Å²) < 4.78 is 16.0. The van der Waals surface area contributed by atoms with Crippen molar-refractivity contribution in [3.05, 3.63) is 59.2 Å². The molecule has 1 N–H and O–H groups in total. The predicted molar refractivity (Wildman–Crippen MR) is 124 cm³/mol. The fraction of sp³-hybridized carbons (Fsp3) is 0.381. The Kier molecular flexibility index (Phi) is 10.7. The van der Waals surface area contributed by atoms with Gasteiger partial charge in [0.2, 0.25) is 0 Å². The van der Waals surface area contributed by atoms with Crippen molar-refractivity contribution in [3.8, 4) is 11.5 Å². The average molecular weight is 499 g/mol. The summed E-state index contributed by atoms with van der Waals surface area (Å²) in [5.74, 6) is 2.37. The van der Waals surface area contributed by atoms with Gasteiger partial charge in [-0.05, 0) is 23.3 Å². The van der Waals surface area contributed by atoms with E-state index in [1.54, 1.807) is 28.4 Å². The van der Waals surface area contributed by atoms with Gasteiger partial charge in [-0.25, -0.2) is 0 Å². The Balaban J connectivity index is 0.00000392.